The molecule has 0 aromatic carbocycles. The smallest absolute Gasteiger partial charge is 0.224 e. The average molecular weight is 525 g/mol. The molecule has 1 heterocycles. The summed E-state index contributed by atoms with van der Waals surface area (Å²) in [6.45, 7) is 9.77. The molecule has 1 N–H and O–H groups in total. The summed E-state index contributed by atoms with van der Waals surface area (Å²) >= 11 is 0. The third kappa shape index (κ3) is 6.91. The molecule has 25 heavy (non-hydrogen) atoms. The van der Waals surface area contributed by atoms with Crippen molar-refractivity contribution in [3.8, 4) is 0 Å². The van der Waals surface area contributed by atoms with Gasteiger partial charge in [0.1, 0.15) is 0 Å². The summed E-state index contributed by atoms with van der Waals surface area (Å²) < 4.78 is 15.9. The Labute approximate surface area is 166 Å². The molecule has 0 atom stereocenters. The predicted molar refractivity (Wildman–Crippen MR) is 92.9 cm³/mol. The number of rotatable bonds is 11. The number of nitrogens with zero attached hydrogens (tertiary/aromatic N) is 1. The van der Waals surface area contributed by atoms with E-state index in [1.165, 1.54) is 6.42 Å². The summed E-state index contributed by atoms with van der Waals surface area (Å²) in [7, 11) is 0. The molecule has 0 unspecified atom stereocenters. The minimum Gasteiger partial charge on any atom is -0.676 e. The van der Waals surface area contributed by atoms with Gasteiger partial charge in [-0.3, -0.25) is 4.79 Å². The van der Waals surface area contributed by atoms with E-state index in [0.717, 1.165) is 25.9 Å². The van der Waals surface area contributed by atoms with Crippen LogP contribution in [0.2, 0.25) is 0 Å². The van der Waals surface area contributed by atoms with Crippen LogP contribution in [0.25, 0.3) is 5.73 Å². The molecule has 2 rings (SSSR count). The van der Waals surface area contributed by atoms with Gasteiger partial charge in [0.05, 0.1) is 39.5 Å². The average Bonchev–Trinajstić information content (AvgIpc) is 3.09. The maximum Gasteiger partial charge on any atom is 0.224 e. The van der Waals surface area contributed by atoms with Crippen LogP contribution in [0.1, 0.15) is 39.5 Å². The van der Waals surface area contributed by atoms with Crippen molar-refractivity contribution in [3.63, 3.8) is 0 Å². The second-order valence-electron chi connectivity index (χ2n) is 7.56. The molecule has 0 aromatic heterocycles. The molecule has 1 aliphatic heterocycles. The van der Waals surface area contributed by atoms with Crippen LogP contribution in [0.5, 0.6) is 0 Å². The number of nitrogens with one attached hydrogen (secondary N) is 1. The minimum absolute atomic E-state index is 0. The number of piperidine rings is 1. The topological polar surface area (TPSA) is 71.8 Å². The van der Waals surface area contributed by atoms with Crippen molar-refractivity contribution in [2.75, 3.05) is 59.3 Å². The van der Waals surface area contributed by atoms with E-state index < -0.39 is 0 Å². The molecule has 6 nitrogen and oxygen atoms in total. The number of hydrogen-bond donors (Lipinski definition) is 0. The van der Waals surface area contributed by atoms with Gasteiger partial charge in [-0.2, -0.15) is 0 Å². The molecule has 2 aliphatic rings. The predicted octanol–water partition coefficient (Wildman–Crippen LogP) is 2.51. The van der Waals surface area contributed by atoms with Gasteiger partial charge in [0.15, 0.2) is 0 Å². The normalized spacial score (nSPS) is 20.4. The molecule has 146 valence electrons. The fraction of sp³-hybridized carbons (Fsp3) is 0.944. The molecule has 0 aromatic rings. The third-order valence-electron chi connectivity index (χ3n) is 5.61. The Hall–Kier alpha value is -0.00169. The van der Waals surface area contributed by atoms with Crippen LogP contribution in [-0.2, 0) is 40.1 Å². The van der Waals surface area contributed by atoms with Gasteiger partial charge in [0, 0.05) is 40.8 Å². The largest absolute Gasteiger partial charge is 0.676 e. The Morgan fingerprint density at radius 3 is 1.92 bits per heavy atom. The molecule has 1 spiro atoms. The fourth-order valence-electron chi connectivity index (χ4n) is 3.77. The van der Waals surface area contributed by atoms with Crippen molar-refractivity contribution in [2.24, 2.45) is 10.8 Å². The maximum atomic E-state index is 12.2. The first kappa shape index (κ1) is 23.0. The van der Waals surface area contributed by atoms with Crippen molar-refractivity contribution < 1.29 is 40.1 Å². The van der Waals surface area contributed by atoms with Crippen LogP contribution >= 0.6 is 0 Å². The van der Waals surface area contributed by atoms with E-state index in [0.29, 0.717) is 56.9 Å². The van der Waals surface area contributed by atoms with Gasteiger partial charge in [-0.05, 0) is 30.1 Å². The van der Waals surface area contributed by atoms with Crippen LogP contribution in [-0.4, -0.2) is 70.1 Å². The van der Waals surface area contributed by atoms with Crippen molar-refractivity contribution in [1.82, 2.24) is 4.90 Å². The Bertz CT molecular complexity index is 399. The van der Waals surface area contributed by atoms with E-state index in [2.05, 4.69) is 13.8 Å². The molecule has 7 heteroatoms. The summed E-state index contributed by atoms with van der Waals surface area (Å²) in [4.78, 5) is 14.2. The first-order valence-electron chi connectivity index (χ1n) is 9.16. The number of hydrogen-bond acceptors (Lipinski definition) is 4. The molecule has 0 radical (unpaired) electrons. The number of carbonyl (C=O) groups excluding carboxylic acids is 1. The fourth-order valence-corrected chi connectivity index (χ4v) is 3.77. The second kappa shape index (κ2) is 11.0. The zero-order valence-corrected chi connectivity index (χ0v) is 18.6. The van der Waals surface area contributed by atoms with Crippen LogP contribution in [0.4, 0.5) is 0 Å². The van der Waals surface area contributed by atoms with Gasteiger partial charge in [-0.15, -0.1) is 6.54 Å². The van der Waals surface area contributed by atoms with Gasteiger partial charge in [0.25, 0.3) is 0 Å². The SMILES string of the molecule is CC1(C)CC12CCN(C(=O)CCOCCOCCOCC[NH-])CC2.[W]. The summed E-state index contributed by atoms with van der Waals surface area (Å²) in [6, 6.07) is 0. The third-order valence-corrected chi connectivity index (χ3v) is 5.61. The summed E-state index contributed by atoms with van der Waals surface area (Å²) in [6.07, 6.45) is 4.09. The summed E-state index contributed by atoms with van der Waals surface area (Å²) in [5, 5.41) is 0. The van der Waals surface area contributed by atoms with Crippen molar-refractivity contribution in [3.05, 3.63) is 5.73 Å². The Kier molecular flexibility index (Phi) is 10.1. The van der Waals surface area contributed by atoms with Crippen molar-refractivity contribution in [1.29, 1.82) is 0 Å². The zero-order chi connectivity index (χ0) is 17.5. The van der Waals surface area contributed by atoms with Gasteiger partial charge in [-0.1, -0.05) is 13.8 Å². The summed E-state index contributed by atoms with van der Waals surface area (Å²) in [5.74, 6) is 0.216. The molecular weight excluding hydrogens is 492 g/mol. The van der Waals surface area contributed by atoms with Crippen molar-refractivity contribution >= 4 is 5.91 Å². The molecule has 1 amide bonds. The van der Waals surface area contributed by atoms with Crippen LogP contribution in [0.3, 0.4) is 0 Å². The number of carbonyl (C=O) groups is 1. The molecule has 2 fully saturated rings. The number of ether oxygens (including phenoxy) is 3. The Morgan fingerprint density at radius 1 is 0.960 bits per heavy atom. The second-order valence-corrected chi connectivity index (χ2v) is 7.56. The molecular formula is C18H33N2O4W-. The van der Waals surface area contributed by atoms with E-state index in [4.69, 9.17) is 19.9 Å². The first-order chi connectivity index (χ1) is 11.5. The minimum atomic E-state index is 0. The molecule has 1 saturated carbocycles. The first-order valence-corrected chi connectivity index (χ1v) is 9.16. The van der Waals surface area contributed by atoms with Crippen LogP contribution < -0.4 is 0 Å². The number of amides is 1. The van der Waals surface area contributed by atoms with E-state index in [9.17, 15) is 4.79 Å². The van der Waals surface area contributed by atoms with E-state index in [1.807, 2.05) is 4.90 Å². The number of likely N-dealkylation sites (tertiary alicyclic amines) is 1. The Morgan fingerprint density at radius 2 is 1.44 bits per heavy atom. The van der Waals surface area contributed by atoms with Crippen molar-refractivity contribution in [2.45, 2.75) is 39.5 Å². The zero-order valence-electron chi connectivity index (χ0n) is 15.7. The standard InChI is InChI=1S/C18H33N2O4.W/c1-17(2)15-18(17)4-7-20(8-5-18)16(21)3-9-22-11-13-24-14-12-23-10-6-19;/h19H,3-15H2,1-2H3;/q-1;. The van der Waals surface area contributed by atoms with Gasteiger partial charge < -0.3 is 24.8 Å². The van der Waals surface area contributed by atoms with Crippen LogP contribution in [0.15, 0.2) is 0 Å². The van der Waals surface area contributed by atoms with Gasteiger partial charge >= 0.3 is 0 Å². The molecule has 1 saturated heterocycles. The van der Waals surface area contributed by atoms with E-state index in [1.54, 1.807) is 0 Å². The maximum absolute atomic E-state index is 12.2. The monoisotopic (exact) mass is 525 g/mol. The van der Waals surface area contributed by atoms with Gasteiger partial charge in [-0.25, -0.2) is 0 Å². The Balaban J connectivity index is 0.00000312. The van der Waals surface area contributed by atoms with E-state index >= 15 is 0 Å². The quantitative estimate of drug-likeness (QED) is 0.389. The molecule has 0 bridgehead atoms. The summed E-state index contributed by atoms with van der Waals surface area (Å²) in [5.41, 5.74) is 7.93. The molecule has 1 aliphatic carbocycles. The van der Waals surface area contributed by atoms with E-state index in [-0.39, 0.29) is 33.5 Å². The van der Waals surface area contributed by atoms with Crippen LogP contribution in [0, 0.1) is 10.8 Å². The van der Waals surface area contributed by atoms with Gasteiger partial charge in [0.2, 0.25) is 5.91 Å².